The van der Waals surface area contributed by atoms with Gasteiger partial charge in [0.1, 0.15) is 73.2 Å². The predicted molar refractivity (Wildman–Crippen MR) is 356 cm³/mol. The minimum Gasteiger partial charge on any atom is -0.394 e. The molecule has 91 heavy (non-hydrogen) atoms. The number of hydrogen-bond acceptors (Lipinski definition) is 18. The van der Waals surface area contributed by atoms with Crippen LogP contribution < -0.4 is 5.32 Å². The zero-order valence-corrected chi connectivity index (χ0v) is 56.3. The molecule has 3 saturated heterocycles. The van der Waals surface area contributed by atoms with Gasteiger partial charge in [-0.25, -0.2) is 0 Å². The molecular weight excluding hydrogens is 1170 g/mol. The normalized spacial score (nSPS) is 28.1. The highest BCUT2D eigenvalue weighted by Crippen LogP contribution is 2.33. The van der Waals surface area contributed by atoms with Crippen LogP contribution in [0.15, 0.2) is 48.6 Å². The molecule has 1 amide bonds. The molecule has 0 aromatic rings. The topological polar surface area (TPSA) is 307 Å². The van der Waals surface area contributed by atoms with Gasteiger partial charge in [-0.1, -0.05) is 249 Å². The summed E-state index contributed by atoms with van der Waals surface area (Å²) in [4.78, 5) is 13.4. The van der Waals surface area contributed by atoms with E-state index in [-0.39, 0.29) is 18.9 Å². The second kappa shape index (κ2) is 53.8. The van der Waals surface area contributed by atoms with Crippen LogP contribution in [0, 0.1) is 0 Å². The van der Waals surface area contributed by atoms with Crippen molar-refractivity contribution in [2.24, 2.45) is 0 Å². The zero-order valence-electron chi connectivity index (χ0n) is 56.3. The Hall–Kier alpha value is -2.25. The summed E-state index contributed by atoms with van der Waals surface area (Å²) in [5.41, 5.74) is 0. The number of amides is 1. The van der Waals surface area contributed by atoms with Crippen LogP contribution in [0.5, 0.6) is 0 Å². The number of rotatable bonds is 56. The first-order valence-electron chi connectivity index (χ1n) is 36.4. The van der Waals surface area contributed by atoms with Crippen LogP contribution in [0.1, 0.15) is 271 Å². The second-order valence-corrected chi connectivity index (χ2v) is 26.0. The van der Waals surface area contributed by atoms with Crippen LogP contribution in [-0.2, 0) is 33.2 Å². The number of carbonyl (C=O) groups excluding carboxylic acids is 1. The van der Waals surface area contributed by atoms with Crippen LogP contribution in [0.4, 0.5) is 0 Å². The molecule has 19 nitrogen and oxygen atoms in total. The van der Waals surface area contributed by atoms with Crippen LogP contribution in [-0.4, -0.2) is 193 Å². The summed E-state index contributed by atoms with van der Waals surface area (Å²) in [6, 6.07) is -0.993. The summed E-state index contributed by atoms with van der Waals surface area (Å²) in [5, 5.41) is 121. The third-order valence-corrected chi connectivity index (χ3v) is 18.1. The summed E-state index contributed by atoms with van der Waals surface area (Å²) in [7, 11) is 0. The first-order chi connectivity index (χ1) is 44.3. The molecule has 3 aliphatic rings. The fourth-order valence-electron chi connectivity index (χ4n) is 12.2. The smallest absolute Gasteiger partial charge is 0.220 e. The molecule has 3 heterocycles. The molecule has 0 spiro atoms. The van der Waals surface area contributed by atoms with Crippen molar-refractivity contribution >= 4 is 5.91 Å². The maximum Gasteiger partial charge on any atom is 0.220 e. The number of aliphatic hydroxyl groups is 11. The summed E-state index contributed by atoms with van der Waals surface area (Å²) >= 11 is 0. The van der Waals surface area contributed by atoms with Gasteiger partial charge in [0.25, 0.3) is 0 Å². The van der Waals surface area contributed by atoms with E-state index in [1.807, 2.05) is 6.08 Å². The van der Waals surface area contributed by atoms with Gasteiger partial charge in [0.15, 0.2) is 18.9 Å². The lowest BCUT2D eigenvalue weighted by Crippen LogP contribution is -2.66. The Morgan fingerprint density at radius 1 is 0.396 bits per heavy atom. The molecule has 0 aromatic heterocycles. The predicted octanol–water partition coefficient (Wildman–Crippen LogP) is 10.2. The van der Waals surface area contributed by atoms with Crippen molar-refractivity contribution in [3.8, 4) is 0 Å². The van der Waals surface area contributed by atoms with E-state index in [0.717, 1.165) is 51.4 Å². The molecule has 17 unspecified atom stereocenters. The van der Waals surface area contributed by atoms with Crippen molar-refractivity contribution in [2.75, 3.05) is 26.4 Å². The number of nitrogens with one attached hydrogen (secondary N) is 1. The van der Waals surface area contributed by atoms with E-state index in [2.05, 4.69) is 55.6 Å². The van der Waals surface area contributed by atoms with E-state index in [4.69, 9.17) is 28.4 Å². The molecule has 0 radical (unpaired) electrons. The highest BCUT2D eigenvalue weighted by atomic mass is 16.8. The van der Waals surface area contributed by atoms with Crippen LogP contribution in [0.3, 0.4) is 0 Å². The van der Waals surface area contributed by atoms with E-state index in [0.29, 0.717) is 12.8 Å². The van der Waals surface area contributed by atoms with Gasteiger partial charge in [-0.05, 0) is 64.2 Å². The molecule has 3 fully saturated rings. The highest BCUT2D eigenvalue weighted by Gasteiger charge is 2.53. The van der Waals surface area contributed by atoms with E-state index in [1.165, 1.54) is 186 Å². The summed E-state index contributed by atoms with van der Waals surface area (Å²) in [6.07, 6.45) is 38.0. The van der Waals surface area contributed by atoms with Crippen molar-refractivity contribution in [1.29, 1.82) is 0 Å². The quantitative estimate of drug-likeness (QED) is 0.0199. The van der Waals surface area contributed by atoms with E-state index < -0.39 is 124 Å². The lowest BCUT2D eigenvalue weighted by Gasteiger charge is -2.48. The first-order valence-corrected chi connectivity index (χ1v) is 36.4. The molecule has 17 atom stereocenters. The Morgan fingerprint density at radius 2 is 0.736 bits per heavy atom. The minimum absolute atomic E-state index is 0.233. The lowest BCUT2D eigenvalue weighted by molar-refractivity contribution is -0.379. The largest absolute Gasteiger partial charge is 0.394 e. The summed E-state index contributed by atoms with van der Waals surface area (Å²) < 4.78 is 34.4. The standard InChI is InChI=1S/C72H131NO18/c1-3-5-7-9-11-13-15-17-19-21-23-25-27-29-31-33-35-37-39-41-43-45-47-49-56(77)55(73-60(78)50-48-46-44-42-40-38-36-34-32-30-28-26-24-22-20-18-16-14-12-10-8-6-4-2)54-86-70-66(84)63(81)68(58(52-75)88-70)91-72-67(85)64(82)69(59(53-76)89-72)90-71-65(83)62(80)61(79)57(51-74)87-71/h16,18,22,24,39,41,47,49,55-59,61-72,74-77,79-85H,3-15,17,19-21,23,25-38,40,42-46,48,50-54H2,1-2H3,(H,73,78)/b18-16-,24-22-,41-39+,49-47+. The second-order valence-electron chi connectivity index (χ2n) is 26.0. The molecule has 0 aliphatic carbocycles. The summed E-state index contributed by atoms with van der Waals surface area (Å²) in [5.74, 6) is -0.286. The lowest BCUT2D eigenvalue weighted by atomic mass is 9.96. The third-order valence-electron chi connectivity index (χ3n) is 18.1. The van der Waals surface area contributed by atoms with Crippen LogP contribution in [0.2, 0.25) is 0 Å². The number of allylic oxidation sites excluding steroid dienone is 7. The number of unbranched alkanes of at least 4 members (excludes halogenated alkanes) is 34. The molecule has 532 valence electrons. The first kappa shape index (κ1) is 83.0. The Kier molecular flexibility index (Phi) is 49.1. The summed E-state index contributed by atoms with van der Waals surface area (Å²) in [6.45, 7) is 1.73. The van der Waals surface area contributed by atoms with E-state index in [9.17, 15) is 61.0 Å². The van der Waals surface area contributed by atoms with Crippen molar-refractivity contribution in [3.05, 3.63) is 48.6 Å². The van der Waals surface area contributed by atoms with Crippen molar-refractivity contribution in [2.45, 2.75) is 375 Å². The number of ether oxygens (including phenoxy) is 6. The average molecular weight is 1300 g/mol. The Balaban J connectivity index is 1.44. The Morgan fingerprint density at radius 3 is 1.16 bits per heavy atom. The third kappa shape index (κ3) is 35.5. The van der Waals surface area contributed by atoms with Gasteiger partial charge in [0.2, 0.25) is 5.91 Å². The maximum absolute atomic E-state index is 13.4. The van der Waals surface area contributed by atoms with Gasteiger partial charge in [-0.2, -0.15) is 0 Å². The number of carbonyl (C=O) groups is 1. The molecule has 0 aromatic carbocycles. The monoisotopic (exact) mass is 1300 g/mol. The fourth-order valence-corrected chi connectivity index (χ4v) is 12.2. The Labute approximate surface area is 548 Å². The van der Waals surface area contributed by atoms with Gasteiger partial charge in [0, 0.05) is 6.42 Å². The molecule has 0 bridgehead atoms. The molecule has 3 aliphatic heterocycles. The zero-order chi connectivity index (χ0) is 66.1. The Bertz CT molecular complexity index is 1840. The number of hydrogen-bond donors (Lipinski definition) is 12. The highest BCUT2D eigenvalue weighted by molar-refractivity contribution is 5.76. The fraction of sp³-hybridized carbons (Fsp3) is 0.875. The number of aliphatic hydroxyl groups excluding tert-OH is 11. The van der Waals surface area contributed by atoms with Crippen LogP contribution in [0.25, 0.3) is 0 Å². The molecular formula is C72H131NO18. The van der Waals surface area contributed by atoms with Gasteiger partial charge in [0.05, 0.1) is 38.6 Å². The van der Waals surface area contributed by atoms with Gasteiger partial charge in [-0.3, -0.25) is 4.79 Å². The van der Waals surface area contributed by atoms with Crippen molar-refractivity contribution < 1.29 is 89.4 Å². The average Bonchev–Trinajstić information content (AvgIpc) is 0.883. The van der Waals surface area contributed by atoms with Gasteiger partial charge >= 0.3 is 0 Å². The maximum atomic E-state index is 13.4. The molecule has 19 heteroatoms. The van der Waals surface area contributed by atoms with E-state index >= 15 is 0 Å². The van der Waals surface area contributed by atoms with E-state index in [1.54, 1.807) is 6.08 Å². The van der Waals surface area contributed by atoms with Crippen LogP contribution >= 0.6 is 0 Å². The molecule has 3 rings (SSSR count). The van der Waals surface area contributed by atoms with Crippen molar-refractivity contribution in [3.63, 3.8) is 0 Å². The molecule has 12 N–H and O–H groups in total. The minimum atomic E-state index is -1.98. The van der Waals surface area contributed by atoms with Gasteiger partial charge < -0.3 is 89.9 Å². The van der Waals surface area contributed by atoms with Crippen molar-refractivity contribution in [1.82, 2.24) is 5.32 Å². The SMILES string of the molecule is CCCCCCC/C=C\C/C=C\CCCCCCCCCCCCCC(=O)NC(COC1OC(CO)C(OC2OC(CO)C(OC3OC(CO)C(O)C(O)C3O)C(O)C2O)C(O)C1O)C(O)/C=C/CC/C=C/CCCCCCCCCCCCCCCCCCC. The van der Waals surface area contributed by atoms with Gasteiger partial charge in [-0.15, -0.1) is 0 Å². The molecule has 0 saturated carbocycles.